The van der Waals surface area contributed by atoms with Gasteiger partial charge in [0.1, 0.15) is 6.04 Å². The molecule has 144 valence electrons. The van der Waals surface area contributed by atoms with Crippen LogP contribution in [0.15, 0.2) is 54.6 Å². The van der Waals surface area contributed by atoms with Crippen molar-refractivity contribution < 1.29 is 23.9 Å². The Bertz CT molecular complexity index is 888. The highest BCUT2D eigenvalue weighted by Crippen LogP contribution is 2.27. The molecule has 0 aliphatic carbocycles. The fourth-order valence-corrected chi connectivity index (χ4v) is 3.08. The van der Waals surface area contributed by atoms with E-state index in [1.165, 1.54) is 0 Å². The van der Waals surface area contributed by atoms with Crippen molar-refractivity contribution in [3.63, 3.8) is 0 Å². The number of ether oxygens (including phenoxy) is 1. The van der Waals surface area contributed by atoms with Crippen LogP contribution in [-0.2, 0) is 14.3 Å². The van der Waals surface area contributed by atoms with Crippen molar-refractivity contribution in [1.29, 1.82) is 0 Å². The third kappa shape index (κ3) is 3.78. The number of hydrogen-bond acceptors (Lipinski definition) is 5. The second-order valence-electron chi connectivity index (χ2n) is 6.74. The van der Waals surface area contributed by atoms with Gasteiger partial charge in [-0.1, -0.05) is 44.2 Å². The van der Waals surface area contributed by atoms with Crippen LogP contribution in [0.1, 0.15) is 34.6 Å². The van der Waals surface area contributed by atoms with E-state index in [4.69, 9.17) is 4.74 Å². The van der Waals surface area contributed by atoms with Gasteiger partial charge < -0.3 is 10.1 Å². The SMILES string of the molecule is CC(C)[C@H](C(=O)OCC(=O)Nc1ccccc1)N1C(=O)c2ccccc2C1=O. The maximum atomic E-state index is 12.7. The van der Waals surface area contributed by atoms with Crippen LogP contribution in [0, 0.1) is 5.92 Å². The standard InChI is InChI=1S/C21H20N2O5/c1-13(2)18(23-19(25)15-10-6-7-11-16(15)20(23)26)21(27)28-12-17(24)22-14-8-4-3-5-9-14/h3-11,13,18H,12H2,1-2H3,(H,22,24)/t18-/m1/s1. The second-order valence-corrected chi connectivity index (χ2v) is 6.74. The van der Waals surface area contributed by atoms with Gasteiger partial charge in [-0.3, -0.25) is 19.3 Å². The molecule has 0 aromatic heterocycles. The third-order valence-electron chi connectivity index (χ3n) is 4.38. The number of amides is 3. The lowest BCUT2D eigenvalue weighted by Gasteiger charge is -2.27. The quantitative estimate of drug-likeness (QED) is 0.614. The van der Waals surface area contributed by atoms with Gasteiger partial charge in [-0.2, -0.15) is 0 Å². The van der Waals surface area contributed by atoms with Crippen molar-refractivity contribution in [2.45, 2.75) is 19.9 Å². The summed E-state index contributed by atoms with van der Waals surface area (Å²) in [6, 6.07) is 14.0. The Labute approximate surface area is 162 Å². The Morgan fingerprint density at radius 1 is 0.929 bits per heavy atom. The first-order chi connectivity index (χ1) is 13.4. The minimum atomic E-state index is -1.11. The van der Waals surface area contributed by atoms with Gasteiger partial charge in [0.25, 0.3) is 17.7 Å². The summed E-state index contributed by atoms with van der Waals surface area (Å²) in [4.78, 5) is 50.9. The molecule has 0 fully saturated rings. The molecule has 0 unspecified atom stereocenters. The molecule has 1 aliphatic rings. The zero-order valence-corrected chi connectivity index (χ0v) is 15.5. The van der Waals surface area contributed by atoms with Crippen molar-refractivity contribution >= 4 is 29.4 Å². The fraction of sp³-hybridized carbons (Fsp3) is 0.238. The van der Waals surface area contributed by atoms with Gasteiger partial charge in [-0.05, 0) is 30.2 Å². The number of fused-ring (bicyclic) bond motifs is 1. The van der Waals surface area contributed by atoms with Crippen LogP contribution in [0.4, 0.5) is 5.69 Å². The number of hydrogen-bond donors (Lipinski definition) is 1. The average molecular weight is 380 g/mol. The highest BCUT2D eigenvalue weighted by molar-refractivity contribution is 6.22. The number of anilines is 1. The lowest BCUT2D eigenvalue weighted by Crippen LogP contribution is -2.49. The average Bonchev–Trinajstić information content (AvgIpc) is 2.93. The number of imide groups is 1. The molecular formula is C21H20N2O5. The van der Waals surface area contributed by atoms with Crippen LogP contribution < -0.4 is 5.32 Å². The van der Waals surface area contributed by atoms with Crippen LogP contribution in [0.2, 0.25) is 0 Å². The van der Waals surface area contributed by atoms with Gasteiger partial charge in [0, 0.05) is 5.69 Å². The molecule has 0 radical (unpaired) electrons. The number of esters is 1. The van der Waals surface area contributed by atoms with Crippen molar-refractivity contribution in [3.05, 3.63) is 65.7 Å². The highest BCUT2D eigenvalue weighted by Gasteiger charge is 2.44. The van der Waals surface area contributed by atoms with Crippen LogP contribution in [0.25, 0.3) is 0 Å². The first kappa shape index (κ1) is 19.3. The summed E-state index contributed by atoms with van der Waals surface area (Å²) in [5, 5.41) is 2.60. The van der Waals surface area contributed by atoms with Crippen LogP contribution >= 0.6 is 0 Å². The second kappa shape index (κ2) is 8.04. The highest BCUT2D eigenvalue weighted by atomic mass is 16.5. The normalized spacial score (nSPS) is 14.0. The molecule has 1 heterocycles. The van der Waals surface area contributed by atoms with Gasteiger partial charge in [-0.25, -0.2) is 4.79 Å². The van der Waals surface area contributed by atoms with E-state index in [9.17, 15) is 19.2 Å². The lowest BCUT2D eigenvalue weighted by molar-refractivity contribution is -0.152. The molecule has 1 N–H and O–H groups in total. The third-order valence-corrected chi connectivity index (χ3v) is 4.38. The summed E-state index contributed by atoms with van der Waals surface area (Å²) in [6.07, 6.45) is 0. The molecule has 1 aliphatic heterocycles. The van der Waals surface area contributed by atoms with E-state index < -0.39 is 36.3 Å². The van der Waals surface area contributed by atoms with Gasteiger partial charge in [0.2, 0.25) is 0 Å². The molecule has 28 heavy (non-hydrogen) atoms. The monoisotopic (exact) mass is 380 g/mol. The summed E-state index contributed by atoms with van der Waals surface area (Å²) in [5.74, 6) is -2.76. The van der Waals surface area contributed by atoms with Crippen molar-refractivity contribution in [2.75, 3.05) is 11.9 Å². The van der Waals surface area contributed by atoms with Crippen molar-refractivity contribution in [2.24, 2.45) is 5.92 Å². The Morgan fingerprint density at radius 2 is 1.46 bits per heavy atom. The number of rotatable bonds is 6. The van der Waals surface area contributed by atoms with Crippen molar-refractivity contribution in [1.82, 2.24) is 4.90 Å². The fourth-order valence-electron chi connectivity index (χ4n) is 3.08. The summed E-state index contributed by atoms with van der Waals surface area (Å²) < 4.78 is 5.11. The molecular weight excluding hydrogens is 360 g/mol. The number of carbonyl (C=O) groups is 4. The zero-order chi connectivity index (χ0) is 20.3. The van der Waals surface area contributed by atoms with Crippen LogP contribution in [-0.4, -0.2) is 41.2 Å². The number of nitrogens with zero attached hydrogens (tertiary/aromatic N) is 1. The smallest absolute Gasteiger partial charge is 0.330 e. The van der Waals surface area contributed by atoms with E-state index in [0.29, 0.717) is 5.69 Å². The largest absolute Gasteiger partial charge is 0.454 e. The van der Waals surface area contributed by atoms with E-state index >= 15 is 0 Å². The molecule has 0 spiro atoms. The molecule has 0 saturated heterocycles. The molecule has 1 atom stereocenters. The van der Waals surface area contributed by atoms with Crippen LogP contribution in [0.5, 0.6) is 0 Å². The number of nitrogens with one attached hydrogen (secondary N) is 1. The van der Waals surface area contributed by atoms with Gasteiger partial charge in [0.15, 0.2) is 6.61 Å². The minimum absolute atomic E-state index is 0.257. The van der Waals surface area contributed by atoms with Gasteiger partial charge in [-0.15, -0.1) is 0 Å². The lowest BCUT2D eigenvalue weighted by atomic mass is 10.0. The Morgan fingerprint density at radius 3 is 2.00 bits per heavy atom. The van der Waals surface area contributed by atoms with E-state index in [1.54, 1.807) is 62.4 Å². The maximum Gasteiger partial charge on any atom is 0.330 e. The number of carbonyl (C=O) groups excluding carboxylic acids is 4. The predicted molar refractivity (Wildman–Crippen MR) is 102 cm³/mol. The zero-order valence-electron chi connectivity index (χ0n) is 15.5. The van der Waals surface area contributed by atoms with E-state index in [-0.39, 0.29) is 17.0 Å². The molecule has 2 aromatic carbocycles. The topological polar surface area (TPSA) is 92.8 Å². The Hall–Kier alpha value is -3.48. The van der Waals surface area contributed by atoms with E-state index in [0.717, 1.165) is 4.90 Å². The molecule has 0 bridgehead atoms. The minimum Gasteiger partial charge on any atom is -0.454 e. The molecule has 2 aromatic rings. The van der Waals surface area contributed by atoms with E-state index in [1.807, 2.05) is 6.07 Å². The summed E-state index contributed by atoms with van der Waals surface area (Å²) in [5.41, 5.74) is 1.09. The van der Waals surface area contributed by atoms with E-state index in [2.05, 4.69) is 5.32 Å². The molecule has 0 saturated carbocycles. The van der Waals surface area contributed by atoms with Gasteiger partial charge >= 0.3 is 5.97 Å². The summed E-state index contributed by atoms with van der Waals surface area (Å²) in [7, 11) is 0. The number of para-hydroxylation sites is 1. The first-order valence-electron chi connectivity index (χ1n) is 8.88. The molecule has 3 amide bonds. The summed E-state index contributed by atoms with van der Waals surface area (Å²) >= 11 is 0. The Balaban J connectivity index is 1.69. The number of benzene rings is 2. The molecule has 3 rings (SSSR count). The predicted octanol–water partition coefficient (Wildman–Crippen LogP) is 2.49. The van der Waals surface area contributed by atoms with Crippen LogP contribution in [0.3, 0.4) is 0 Å². The van der Waals surface area contributed by atoms with Gasteiger partial charge in [0.05, 0.1) is 11.1 Å². The Kier molecular flexibility index (Phi) is 5.54. The first-order valence-corrected chi connectivity index (χ1v) is 8.88. The van der Waals surface area contributed by atoms with Crippen molar-refractivity contribution in [3.8, 4) is 0 Å². The maximum absolute atomic E-state index is 12.7. The molecule has 7 nitrogen and oxygen atoms in total. The summed E-state index contributed by atoms with van der Waals surface area (Å²) in [6.45, 7) is 2.90. The molecule has 7 heteroatoms.